The molecule has 1 aliphatic heterocycles. The monoisotopic (exact) mass is 272 g/mol. The molecule has 1 atom stereocenters. The lowest BCUT2D eigenvalue weighted by atomic mass is 10.1. The van der Waals surface area contributed by atoms with Gasteiger partial charge in [0.25, 0.3) is 0 Å². The maximum Gasteiger partial charge on any atom is 0.322 e. The van der Waals surface area contributed by atoms with Gasteiger partial charge < -0.3 is 14.8 Å². The predicted molar refractivity (Wildman–Crippen MR) is 68.1 cm³/mol. The first-order chi connectivity index (χ1) is 8.63. The fourth-order valence-electron chi connectivity index (χ4n) is 1.70. The van der Waals surface area contributed by atoms with Gasteiger partial charge in [-0.15, -0.1) is 0 Å². The zero-order chi connectivity index (χ0) is 13.0. The topological polar surface area (TPSA) is 69.2 Å². The SMILES string of the molecule is CC(C)Oc1nc(Cl)nc(NC2CCCOC2)n1. The van der Waals surface area contributed by atoms with Crippen LogP contribution in [-0.4, -0.2) is 40.3 Å². The first-order valence-corrected chi connectivity index (χ1v) is 6.44. The molecule has 6 nitrogen and oxygen atoms in total. The summed E-state index contributed by atoms with van der Waals surface area (Å²) in [4.78, 5) is 12.1. The van der Waals surface area contributed by atoms with Crippen molar-refractivity contribution >= 4 is 17.5 Å². The maximum atomic E-state index is 5.84. The summed E-state index contributed by atoms with van der Waals surface area (Å²) in [5, 5.41) is 3.31. The molecule has 0 amide bonds. The van der Waals surface area contributed by atoms with Crippen molar-refractivity contribution < 1.29 is 9.47 Å². The molecule has 1 fully saturated rings. The van der Waals surface area contributed by atoms with E-state index >= 15 is 0 Å². The molecule has 1 saturated heterocycles. The van der Waals surface area contributed by atoms with Gasteiger partial charge in [-0.2, -0.15) is 15.0 Å². The van der Waals surface area contributed by atoms with Crippen LogP contribution >= 0.6 is 11.6 Å². The van der Waals surface area contributed by atoms with Gasteiger partial charge in [-0.25, -0.2) is 0 Å². The van der Waals surface area contributed by atoms with Gasteiger partial charge >= 0.3 is 6.01 Å². The minimum atomic E-state index is -0.00525. The second kappa shape index (κ2) is 6.15. The summed E-state index contributed by atoms with van der Waals surface area (Å²) < 4.78 is 10.8. The van der Waals surface area contributed by atoms with Crippen LogP contribution in [0, 0.1) is 0 Å². The number of rotatable bonds is 4. The Labute approximate surface area is 111 Å². The Hall–Kier alpha value is -1.14. The number of nitrogens with one attached hydrogen (secondary N) is 1. The van der Waals surface area contributed by atoms with Crippen molar-refractivity contribution in [3.63, 3.8) is 0 Å². The molecule has 18 heavy (non-hydrogen) atoms. The molecule has 2 rings (SSSR count). The van der Waals surface area contributed by atoms with E-state index < -0.39 is 0 Å². The Morgan fingerprint density at radius 1 is 1.39 bits per heavy atom. The quantitative estimate of drug-likeness (QED) is 0.903. The van der Waals surface area contributed by atoms with E-state index in [1.807, 2.05) is 13.8 Å². The van der Waals surface area contributed by atoms with Crippen LogP contribution in [-0.2, 0) is 4.74 Å². The van der Waals surface area contributed by atoms with E-state index in [1.54, 1.807) is 0 Å². The highest BCUT2D eigenvalue weighted by atomic mass is 35.5. The minimum Gasteiger partial charge on any atom is -0.461 e. The number of hydrogen-bond donors (Lipinski definition) is 1. The Morgan fingerprint density at radius 3 is 2.89 bits per heavy atom. The first-order valence-electron chi connectivity index (χ1n) is 6.06. The molecule has 7 heteroatoms. The predicted octanol–water partition coefficient (Wildman–Crippen LogP) is 1.90. The number of halogens is 1. The molecule has 2 heterocycles. The molecule has 1 aromatic rings. The fraction of sp³-hybridized carbons (Fsp3) is 0.727. The van der Waals surface area contributed by atoms with Crippen LogP contribution in [0.2, 0.25) is 5.28 Å². The van der Waals surface area contributed by atoms with Crippen LogP contribution in [0.5, 0.6) is 6.01 Å². The molecular weight excluding hydrogens is 256 g/mol. The maximum absolute atomic E-state index is 5.84. The normalized spacial score (nSPS) is 19.9. The molecule has 0 spiro atoms. The smallest absolute Gasteiger partial charge is 0.322 e. The van der Waals surface area contributed by atoms with Crippen molar-refractivity contribution in [2.45, 2.75) is 38.8 Å². The van der Waals surface area contributed by atoms with Crippen molar-refractivity contribution in [1.82, 2.24) is 15.0 Å². The number of aromatic nitrogens is 3. The van der Waals surface area contributed by atoms with Gasteiger partial charge in [-0.3, -0.25) is 0 Å². The van der Waals surface area contributed by atoms with Gasteiger partial charge in [0.2, 0.25) is 11.2 Å². The number of nitrogens with zero attached hydrogens (tertiary/aromatic N) is 3. The zero-order valence-corrected chi connectivity index (χ0v) is 11.3. The molecule has 100 valence electrons. The Balaban J connectivity index is 2.04. The summed E-state index contributed by atoms with van der Waals surface area (Å²) in [5.41, 5.74) is 0. The lowest BCUT2D eigenvalue weighted by Gasteiger charge is -2.23. The summed E-state index contributed by atoms with van der Waals surface area (Å²) in [6, 6.07) is 0.452. The highest BCUT2D eigenvalue weighted by Crippen LogP contribution is 2.15. The van der Waals surface area contributed by atoms with Crippen molar-refractivity contribution in [3.8, 4) is 6.01 Å². The molecule has 1 unspecified atom stereocenters. The van der Waals surface area contributed by atoms with E-state index in [9.17, 15) is 0 Å². The second-order valence-electron chi connectivity index (χ2n) is 4.44. The van der Waals surface area contributed by atoms with Crippen molar-refractivity contribution in [1.29, 1.82) is 0 Å². The summed E-state index contributed by atoms with van der Waals surface area (Å²) in [6.07, 6.45) is 2.06. The van der Waals surface area contributed by atoms with E-state index in [-0.39, 0.29) is 23.4 Å². The lowest BCUT2D eigenvalue weighted by Crippen LogP contribution is -2.30. The second-order valence-corrected chi connectivity index (χ2v) is 4.77. The van der Waals surface area contributed by atoms with Crippen LogP contribution < -0.4 is 10.1 Å². The number of anilines is 1. The third kappa shape index (κ3) is 3.96. The standard InChI is InChI=1S/C11H17ClN4O2/c1-7(2)18-11-15-9(12)14-10(16-11)13-8-4-3-5-17-6-8/h7-8H,3-6H2,1-2H3,(H,13,14,15,16). The van der Waals surface area contributed by atoms with E-state index in [4.69, 9.17) is 21.1 Å². The van der Waals surface area contributed by atoms with E-state index in [2.05, 4.69) is 20.3 Å². The van der Waals surface area contributed by atoms with E-state index in [0.717, 1.165) is 19.4 Å². The van der Waals surface area contributed by atoms with Crippen molar-refractivity contribution in [2.75, 3.05) is 18.5 Å². The fourth-order valence-corrected chi connectivity index (χ4v) is 1.85. The lowest BCUT2D eigenvalue weighted by molar-refractivity contribution is 0.0873. The van der Waals surface area contributed by atoms with Gasteiger partial charge in [0.05, 0.1) is 18.8 Å². The minimum absolute atomic E-state index is 0.00525. The average molecular weight is 273 g/mol. The van der Waals surface area contributed by atoms with E-state index in [0.29, 0.717) is 12.6 Å². The Kier molecular flexibility index (Phi) is 4.54. The summed E-state index contributed by atoms with van der Waals surface area (Å²) in [5.74, 6) is 0.432. The number of hydrogen-bond acceptors (Lipinski definition) is 6. The van der Waals surface area contributed by atoms with Gasteiger partial charge in [0, 0.05) is 6.61 Å². The highest BCUT2D eigenvalue weighted by molar-refractivity contribution is 6.28. The molecule has 1 aliphatic rings. The molecule has 0 aliphatic carbocycles. The first kappa shape index (κ1) is 13.3. The molecule has 0 bridgehead atoms. The average Bonchev–Trinajstić information content (AvgIpc) is 2.28. The van der Waals surface area contributed by atoms with E-state index in [1.165, 1.54) is 0 Å². The third-order valence-electron chi connectivity index (χ3n) is 2.42. The third-order valence-corrected chi connectivity index (χ3v) is 2.59. The Morgan fingerprint density at radius 2 is 2.22 bits per heavy atom. The Bertz CT molecular complexity index is 397. The van der Waals surface area contributed by atoms with Gasteiger partial charge in [-0.05, 0) is 38.3 Å². The molecule has 0 saturated carbocycles. The van der Waals surface area contributed by atoms with Crippen molar-refractivity contribution in [3.05, 3.63) is 5.28 Å². The summed E-state index contributed by atoms with van der Waals surface area (Å²) in [6.45, 7) is 5.28. The molecular formula is C11H17ClN4O2. The van der Waals surface area contributed by atoms with Crippen LogP contribution in [0.1, 0.15) is 26.7 Å². The van der Waals surface area contributed by atoms with Crippen LogP contribution in [0.3, 0.4) is 0 Å². The van der Waals surface area contributed by atoms with Crippen LogP contribution in [0.25, 0.3) is 0 Å². The molecule has 0 aromatic carbocycles. The van der Waals surface area contributed by atoms with Crippen molar-refractivity contribution in [2.24, 2.45) is 0 Å². The molecule has 0 radical (unpaired) electrons. The highest BCUT2D eigenvalue weighted by Gasteiger charge is 2.16. The number of ether oxygens (including phenoxy) is 2. The molecule has 1 N–H and O–H groups in total. The molecule has 1 aromatic heterocycles. The van der Waals surface area contributed by atoms with Gasteiger partial charge in [0.1, 0.15) is 0 Å². The van der Waals surface area contributed by atoms with Crippen LogP contribution in [0.4, 0.5) is 5.95 Å². The largest absolute Gasteiger partial charge is 0.461 e. The summed E-state index contributed by atoms with van der Waals surface area (Å²) in [7, 11) is 0. The van der Waals surface area contributed by atoms with Gasteiger partial charge in [0.15, 0.2) is 0 Å². The van der Waals surface area contributed by atoms with Gasteiger partial charge in [-0.1, -0.05) is 0 Å². The summed E-state index contributed by atoms with van der Waals surface area (Å²) >= 11 is 5.84. The zero-order valence-electron chi connectivity index (χ0n) is 10.5. The van der Waals surface area contributed by atoms with Crippen LogP contribution in [0.15, 0.2) is 0 Å².